The van der Waals surface area contributed by atoms with Crippen LogP contribution in [0.3, 0.4) is 0 Å². The minimum Gasteiger partial charge on any atom is -0.356 e. The molecule has 1 aromatic carbocycles. The Hall–Kier alpha value is -1.84. The molecule has 1 N–H and O–H groups in total. The fourth-order valence-corrected chi connectivity index (χ4v) is 3.06. The molecule has 0 saturated heterocycles. The summed E-state index contributed by atoms with van der Waals surface area (Å²) in [5, 5.41) is 8.04. The van der Waals surface area contributed by atoms with E-state index in [9.17, 15) is 4.79 Å². The van der Waals surface area contributed by atoms with Gasteiger partial charge in [-0.05, 0) is 36.8 Å². The highest BCUT2D eigenvalue weighted by Crippen LogP contribution is 2.36. The van der Waals surface area contributed by atoms with E-state index in [1.165, 1.54) is 6.42 Å². The van der Waals surface area contributed by atoms with Gasteiger partial charge in [0.2, 0.25) is 5.91 Å². The Bertz CT molecular complexity index is 630. The Morgan fingerprint density at radius 2 is 2.25 bits per heavy atom. The molecule has 20 heavy (non-hydrogen) atoms. The lowest BCUT2D eigenvalue weighted by Crippen LogP contribution is -2.34. The molecule has 3 rings (SSSR count). The van der Waals surface area contributed by atoms with Crippen molar-refractivity contribution in [2.24, 2.45) is 5.41 Å². The first-order chi connectivity index (χ1) is 9.53. The van der Waals surface area contributed by atoms with Crippen LogP contribution < -0.4 is 5.32 Å². The maximum Gasteiger partial charge on any atom is 0.226 e. The van der Waals surface area contributed by atoms with Gasteiger partial charge in [0.1, 0.15) is 5.69 Å². The number of amides is 1. The summed E-state index contributed by atoms with van der Waals surface area (Å²) in [6.07, 6.45) is 3.58. The zero-order chi connectivity index (χ0) is 14.2. The molecule has 4 nitrogen and oxygen atoms in total. The third kappa shape index (κ3) is 2.69. The van der Waals surface area contributed by atoms with Crippen LogP contribution in [0.5, 0.6) is 0 Å². The lowest BCUT2D eigenvalue weighted by atomic mass is 9.92. The van der Waals surface area contributed by atoms with Gasteiger partial charge >= 0.3 is 0 Å². The van der Waals surface area contributed by atoms with E-state index < -0.39 is 0 Å². The molecule has 4 heteroatoms. The largest absolute Gasteiger partial charge is 0.356 e. The number of aromatic nitrogens is 1. The van der Waals surface area contributed by atoms with Crippen molar-refractivity contribution in [2.75, 3.05) is 0 Å². The molecule has 0 spiro atoms. The highest BCUT2D eigenvalue weighted by Gasteiger charge is 2.31. The van der Waals surface area contributed by atoms with Crippen molar-refractivity contribution in [1.82, 2.24) is 10.5 Å². The number of fused-ring (bicyclic) bond motifs is 1. The predicted octanol–water partition coefficient (Wildman–Crippen LogP) is 3.07. The number of nitrogens with zero attached hydrogens (tertiary/aromatic N) is 1. The smallest absolute Gasteiger partial charge is 0.226 e. The zero-order valence-corrected chi connectivity index (χ0v) is 12.0. The van der Waals surface area contributed by atoms with Crippen molar-refractivity contribution >= 4 is 16.9 Å². The summed E-state index contributed by atoms with van der Waals surface area (Å²) < 4.78 is 5.22. The maximum absolute atomic E-state index is 12.1. The average molecular weight is 272 g/mol. The standard InChI is InChI=1S/C16H20N2O2/c1-16(2)8-7-11(10-16)17-15(19)9-13-12-5-3-4-6-14(12)20-18-13/h3-6,11H,7-10H2,1-2H3,(H,17,19). The van der Waals surface area contributed by atoms with E-state index in [4.69, 9.17) is 4.52 Å². The first-order valence-electron chi connectivity index (χ1n) is 7.16. The van der Waals surface area contributed by atoms with Crippen LogP contribution in [0.2, 0.25) is 0 Å². The third-order valence-corrected chi connectivity index (χ3v) is 4.11. The molecule has 1 heterocycles. The van der Waals surface area contributed by atoms with Gasteiger partial charge in [0.15, 0.2) is 5.58 Å². The summed E-state index contributed by atoms with van der Waals surface area (Å²) in [6.45, 7) is 4.51. The summed E-state index contributed by atoms with van der Waals surface area (Å²) in [6, 6.07) is 7.94. The van der Waals surface area contributed by atoms with E-state index in [1.54, 1.807) is 0 Å². The Morgan fingerprint density at radius 3 is 3.00 bits per heavy atom. The third-order valence-electron chi connectivity index (χ3n) is 4.11. The van der Waals surface area contributed by atoms with Crippen molar-refractivity contribution in [3.8, 4) is 0 Å². The minimum atomic E-state index is 0.0340. The molecule has 1 saturated carbocycles. The highest BCUT2D eigenvalue weighted by molar-refractivity contribution is 5.86. The number of benzene rings is 1. The molecular formula is C16H20N2O2. The predicted molar refractivity (Wildman–Crippen MR) is 77.3 cm³/mol. The number of para-hydroxylation sites is 1. The molecule has 2 aromatic rings. The number of carbonyl (C=O) groups is 1. The zero-order valence-electron chi connectivity index (χ0n) is 12.0. The van der Waals surface area contributed by atoms with Crippen molar-refractivity contribution in [3.63, 3.8) is 0 Å². The van der Waals surface area contributed by atoms with Crippen molar-refractivity contribution in [1.29, 1.82) is 0 Å². The Morgan fingerprint density at radius 1 is 1.45 bits per heavy atom. The van der Waals surface area contributed by atoms with Crippen LogP contribution in [0.4, 0.5) is 0 Å². The van der Waals surface area contributed by atoms with Crippen LogP contribution >= 0.6 is 0 Å². The molecule has 1 amide bonds. The van der Waals surface area contributed by atoms with Crippen molar-refractivity contribution in [3.05, 3.63) is 30.0 Å². The molecule has 1 fully saturated rings. The Balaban J connectivity index is 1.65. The molecular weight excluding hydrogens is 252 g/mol. The van der Waals surface area contributed by atoms with E-state index >= 15 is 0 Å². The molecule has 0 bridgehead atoms. The van der Waals surface area contributed by atoms with Crippen LogP contribution in [0.25, 0.3) is 11.0 Å². The van der Waals surface area contributed by atoms with Gasteiger partial charge in [-0.2, -0.15) is 0 Å². The number of nitrogens with one attached hydrogen (secondary N) is 1. The van der Waals surface area contributed by atoms with E-state index in [2.05, 4.69) is 24.3 Å². The summed E-state index contributed by atoms with van der Waals surface area (Å²) in [5.74, 6) is 0.0340. The van der Waals surface area contributed by atoms with Gasteiger partial charge in [-0.25, -0.2) is 0 Å². The molecule has 1 aliphatic carbocycles. The second kappa shape index (κ2) is 4.93. The first kappa shape index (κ1) is 13.2. The molecule has 1 unspecified atom stereocenters. The van der Waals surface area contributed by atoms with Crippen LogP contribution in [-0.2, 0) is 11.2 Å². The van der Waals surface area contributed by atoms with Crippen LogP contribution in [0.15, 0.2) is 28.8 Å². The lowest BCUT2D eigenvalue weighted by molar-refractivity contribution is -0.121. The number of carbonyl (C=O) groups excluding carboxylic acids is 1. The van der Waals surface area contributed by atoms with Gasteiger partial charge in [-0.3, -0.25) is 4.79 Å². The van der Waals surface area contributed by atoms with E-state index in [-0.39, 0.29) is 12.3 Å². The number of hydrogen-bond acceptors (Lipinski definition) is 3. The fraction of sp³-hybridized carbons (Fsp3) is 0.500. The lowest BCUT2D eigenvalue weighted by Gasteiger charge is -2.17. The molecule has 0 aliphatic heterocycles. The molecule has 1 atom stereocenters. The fourth-order valence-electron chi connectivity index (χ4n) is 3.06. The number of rotatable bonds is 3. The monoisotopic (exact) mass is 272 g/mol. The topological polar surface area (TPSA) is 55.1 Å². The van der Waals surface area contributed by atoms with Gasteiger partial charge in [-0.15, -0.1) is 0 Å². The van der Waals surface area contributed by atoms with Crippen LogP contribution in [-0.4, -0.2) is 17.1 Å². The van der Waals surface area contributed by atoms with Crippen molar-refractivity contribution in [2.45, 2.75) is 45.6 Å². The van der Waals surface area contributed by atoms with Gasteiger partial charge in [0.25, 0.3) is 0 Å². The van der Waals surface area contributed by atoms with E-state index in [0.717, 1.165) is 29.5 Å². The first-order valence-corrected chi connectivity index (χ1v) is 7.16. The van der Waals surface area contributed by atoms with E-state index in [1.807, 2.05) is 24.3 Å². The quantitative estimate of drug-likeness (QED) is 0.934. The Labute approximate surface area is 118 Å². The average Bonchev–Trinajstić information content (AvgIpc) is 2.94. The number of hydrogen-bond donors (Lipinski definition) is 1. The van der Waals surface area contributed by atoms with Crippen LogP contribution in [0.1, 0.15) is 38.8 Å². The minimum absolute atomic E-state index is 0.0340. The van der Waals surface area contributed by atoms with Gasteiger partial charge in [0.05, 0.1) is 6.42 Å². The highest BCUT2D eigenvalue weighted by atomic mass is 16.5. The SMILES string of the molecule is CC1(C)CCC(NC(=O)Cc2noc3ccccc23)C1. The van der Waals surface area contributed by atoms with Gasteiger partial charge in [-0.1, -0.05) is 31.1 Å². The maximum atomic E-state index is 12.1. The summed E-state index contributed by atoms with van der Waals surface area (Å²) >= 11 is 0. The second-order valence-corrected chi connectivity index (χ2v) is 6.47. The van der Waals surface area contributed by atoms with Gasteiger partial charge in [0, 0.05) is 11.4 Å². The summed E-state index contributed by atoms with van der Waals surface area (Å²) in [7, 11) is 0. The normalized spacial score (nSPS) is 21.2. The van der Waals surface area contributed by atoms with Crippen molar-refractivity contribution < 1.29 is 9.32 Å². The second-order valence-electron chi connectivity index (χ2n) is 6.47. The van der Waals surface area contributed by atoms with Gasteiger partial charge < -0.3 is 9.84 Å². The van der Waals surface area contributed by atoms with E-state index in [0.29, 0.717) is 11.5 Å². The molecule has 106 valence electrons. The molecule has 0 radical (unpaired) electrons. The summed E-state index contributed by atoms with van der Waals surface area (Å²) in [4.78, 5) is 12.1. The molecule has 1 aliphatic rings. The Kier molecular flexibility index (Phi) is 3.24. The molecule has 1 aromatic heterocycles. The van der Waals surface area contributed by atoms with Crippen LogP contribution in [0, 0.1) is 5.41 Å². The summed E-state index contributed by atoms with van der Waals surface area (Å²) in [5.41, 5.74) is 1.80.